The molecule has 0 N–H and O–H groups in total. The maximum Gasteiger partial charge on any atom is 0.229 e. The Balaban J connectivity index is 1.47. The number of nitrogens with zero attached hydrogens (tertiary/aromatic N) is 2. The highest BCUT2D eigenvalue weighted by atomic mass is 32.1. The van der Waals surface area contributed by atoms with Crippen molar-refractivity contribution in [3.05, 3.63) is 63.8 Å². The van der Waals surface area contributed by atoms with Gasteiger partial charge >= 0.3 is 0 Å². The van der Waals surface area contributed by atoms with Gasteiger partial charge in [0, 0.05) is 22.4 Å². The third-order valence-corrected chi connectivity index (χ3v) is 6.26. The van der Waals surface area contributed by atoms with Crippen LogP contribution in [0.1, 0.15) is 29.5 Å². The smallest absolute Gasteiger partial charge is 0.229 e. The topological polar surface area (TPSA) is 33.2 Å². The minimum Gasteiger partial charge on any atom is -0.335 e. The molecular weight excluding hydrogens is 336 g/mol. The SMILES string of the molecule is O=C(Cc1csc(-c2ccccc2)n1)N1CCCC1c1cccs1. The Morgan fingerprint density at radius 2 is 2.04 bits per heavy atom. The quantitative estimate of drug-likeness (QED) is 0.676. The monoisotopic (exact) mass is 354 g/mol. The molecule has 0 saturated carbocycles. The van der Waals surface area contributed by atoms with Crippen LogP contribution in [0.3, 0.4) is 0 Å². The largest absolute Gasteiger partial charge is 0.335 e. The van der Waals surface area contributed by atoms with Crippen molar-refractivity contribution in [1.82, 2.24) is 9.88 Å². The van der Waals surface area contributed by atoms with Gasteiger partial charge in [-0.25, -0.2) is 4.98 Å². The molecule has 0 radical (unpaired) electrons. The molecule has 3 nitrogen and oxygen atoms in total. The van der Waals surface area contributed by atoms with Gasteiger partial charge in [0.25, 0.3) is 0 Å². The Hall–Kier alpha value is -1.98. The van der Waals surface area contributed by atoms with Gasteiger partial charge in [-0.2, -0.15) is 0 Å². The first-order valence-electron chi connectivity index (χ1n) is 8.14. The molecule has 0 spiro atoms. The number of thiophene rings is 1. The number of aromatic nitrogens is 1. The molecule has 4 rings (SSSR count). The second-order valence-electron chi connectivity index (χ2n) is 5.95. The first-order valence-corrected chi connectivity index (χ1v) is 9.90. The molecule has 0 bridgehead atoms. The molecule has 2 aromatic heterocycles. The molecule has 1 atom stereocenters. The normalized spacial score (nSPS) is 17.3. The molecule has 5 heteroatoms. The highest BCUT2D eigenvalue weighted by Crippen LogP contribution is 2.35. The van der Waals surface area contributed by atoms with Crippen molar-refractivity contribution < 1.29 is 4.79 Å². The molecule has 0 aliphatic carbocycles. The Bertz CT molecular complexity index is 811. The second-order valence-corrected chi connectivity index (χ2v) is 7.78. The molecule has 3 aromatic rings. The van der Waals surface area contributed by atoms with E-state index in [-0.39, 0.29) is 11.9 Å². The summed E-state index contributed by atoms with van der Waals surface area (Å²) in [6.45, 7) is 0.858. The summed E-state index contributed by atoms with van der Waals surface area (Å²) in [5, 5.41) is 5.08. The number of benzene rings is 1. The number of thiazole rings is 1. The minimum absolute atomic E-state index is 0.191. The van der Waals surface area contributed by atoms with Crippen molar-refractivity contribution >= 4 is 28.6 Å². The average molecular weight is 355 g/mol. The van der Waals surface area contributed by atoms with Gasteiger partial charge in [-0.05, 0) is 24.3 Å². The van der Waals surface area contributed by atoms with Crippen molar-refractivity contribution in [2.75, 3.05) is 6.54 Å². The number of carbonyl (C=O) groups excluding carboxylic acids is 1. The molecule has 1 aliphatic heterocycles. The Labute approximate surface area is 149 Å². The molecule has 1 amide bonds. The number of hydrogen-bond donors (Lipinski definition) is 0. The van der Waals surface area contributed by atoms with Crippen LogP contribution in [0.5, 0.6) is 0 Å². The lowest BCUT2D eigenvalue weighted by Gasteiger charge is -2.23. The van der Waals surface area contributed by atoms with E-state index in [2.05, 4.69) is 34.6 Å². The Kier molecular flexibility index (Phi) is 4.45. The molecule has 24 heavy (non-hydrogen) atoms. The molecule has 1 aliphatic rings. The van der Waals surface area contributed by atoms with Crippen LogP contribution >= 0.6 is 22.7 Å². The van der Waals surface area contributed by atoms with E-state index in [0.29, 0.717) is 6.42 Å². The van der Waals surface area contributed by atoms with E-state index in [1.165, 1.54) is 4.88 Å². The van der Waals surface area contributed by atoms with Gasteiger partial charge in [-0.1, -0.05) is 36.4 Å². The molecule has 1 unspecified atom stereocenters. The van der Waals surface area contributed by atoms with Gasteiger partial charge in [-0.3, -0.25) is 4.79 Å². The van der Waals surface area contributed by atoms with Crippen molar-refractivity contribution in [3.63, 3.8) is 0 Å². The van der Waals surface area contributed by atoms with Gasteiger partial charge in [0.2, 0.25) is 5.91 Å². The fourth-order valence-corrected chi connectivity index (χ4v) is 4.90. The van der Waals surface area contributed by atoms with E-state index in [1.807, 2.05) is 28.5 Å². The lowest BCUT2D eigenvalue weighted by molar-refractivity contribution is -0.131. The van der Waals surface area contributed by atoms with E-state index in [4.69, 9.17) is 0 Å². The third-order valence-electron chi connectivity index (χ3n) is 4.35. The van der Waals surface area contributed by atoms with Crippen LogP contribution in [0, 0.1) is 0 Å². The van der Waals surface area contributed by atoms with Crippen molar-refractivity contribution in [1.29, 1.82) is 0 Å². The van der Waals surface area contributed by atoms with Crippen LogP contribution in [-0.4, -0.2) is 22.3 Å². The maximum absolute atomic E-state index is 12.8. The summed E-state index contributed by atoms with van der Waals surface area (Å²) in [5.41, 5.74) is 1.99. The highest BCUT2D eigenvalue weighted by molar-refractivity contribution is 7.13. The summed E-state index contributed by atoms with van der Waals surface area (Å²) >= 11 is 3.35. The zero-order valence-corrected chi connectivity index (χ0v) is 14.9. The summed E-state index contributed by atoms with van der Waals surface area (Å²) in [6.07, 6.45) is 2.55. The average Bonchev–Trinajstić information content (AvgIpc) is 3.36. The summed E-state index contributed by atoms with van der Waals surface area (Å²) in [7, 11) is 0. The van der Waals surface area contributed by atoms with Gasteiger partial charge in [-0.15, -0.1) is 22.7 Å². The molecule has 1 aromatic carbocycles. The summed E-state index contributed by atoms with van der Waals surface area (Å²) in [5.74, 6) is 0.191. The van der Waals surface area contributed by atoms with Gasteiger partial charge < -0.3 is 4.90 Å². The van der Waals surface area contributed by atoms with Crippen LogP contribution in [0.25, 0.3) is 10.6 Å². The first-order chi connectivity index (χ1) is 11.8. The number of likely N-dealkylation sites (tertiary alicyclic amines) is 1. The fraction of sp³-hybridized carbons (Fsp3) is 0.263. The lowest BCUT2D eigenvalue weighted by atomic mass is 10.2. The van der Waals surface area contributed by atoms with E-state index in [9.17, 15) is 4.79 Å². The van der Waals surface area contributed by atoms with E-state index in [0.717, 1.165) is 35.7 Å². The lowest BCUT2D eigenvalue weighted by Crippen LogP contribution is -2.31. The van der Waals surface area contributed by atoms with Crippen LogP contribution in [0.4, 0.5) is 0 Å². The summed E-state index contributed by atoms with van der Waals surface area (Å²) in [4.78, 5) is 20.7. The maximum atomic E-state index is 12.8. The van der Waals surface area contributed by atoms with Gasteiger partial charge in [0.1, 0.15) is 5.01 Å². The molecular formula is C19H18N2OS2. The van der Waals surface area contributed by atoms with Crippen LogP contribution in [0.2, 0.25) is 0 Å². The zero-order chi connectivity index (χ0) is 16.4. The summed E-state index contributed by atoms with van der Waals surface area (Å²) in [6, 6.07) is 14.6. The van der Waals surface area contributed by atoms with Crippen LogP contribution < -0.4 is 0 Å². The van der Waals surface area contributed by atoms with Crippen molar-refractivity contribution in [3.8, 4) is 10.6 Å². The number of hydrogen-bond acceptors (Lipinski definition) is 4. The highest BCUT2D eigenvalue weighted by Gasteiger charge is 2.30. The standard InChI is InChI=1S/C19H18N2OS2/c22-18(21-10-4-8-16(21)17-9-5-11-23-17)12-15-13-24-19(20-15)14-6-2-1-3-7-14/h1-3,5-7,9,11,13,16H,4,8,10,12H2. The van der Waals surface area contributed by atoms with E-state index >= 15 is 0 Å². The minimum atomic E-state index is 0.191. The predicted molar refractivity (Wildman–Crippen MR) is 99.3 cm³/mol. The molecule has 3 heterocycles. The van der Waals surface area contributed by atoms with Gasteiger partial charge in [0.05, 0.1) is 18.2 Å². The molecule has 1 saturated heterocycles. The van der Waals surface area contributed by atoms with E-state index in [1.54, 1.807) is 22.7 Å². The van der Waals surface area contributed by atoms with Crippen molar-refractivity contribution in [2.24, 2.45) is 0 Å². The number of carbonyl (C=O) groups is 1. The molecule has 1 fully saturated rings. The summed E-state index contributed by atoms with van der Waals surface area (Å²) < 4.78 is 0. The van der Waals surface area contributed by atoms with Gasteiger partial charge in [0.15, 0.2) is 0 Å². The van der Waals surface area contributed by atoms with Crippen molar-refractivity contribution in [2.45, 2.75) is 25.3 Å². The molecule has 122 valence electrons. The third kappa shape index (κ3) is 3.14. The Morgan fingerprint density at radius 1 is 1.17 bits per heavy atom. The van der Waals surface area contributed by atoms with Crippen LogP contribution in [-0.2, 0) is 11.2 Å². The fourth-order valence-electron chi connectivity index (χ4n) is 3.20. The van der Waals surface area contributed by atoms with E-state index < -0.39 is 0 Å². The number of rotatable bonds is 4. The first kappa shape index (κ1) is 15.5. The predicted octanol–water partition coefficient (Wildman–Crippen LogP) is 4.78. The Morgan fingerprint density at radius 3 is 2.83 bits per heavy atom. The zero-order valence-electron chi connectivity index (χ0n) is 13.2. The number of amides is 1. The second kappa shape index (κ2) is 6.87. The van der Waals surface area contributed by atoms with Crippen LogP contribution in [0.15, 0.2) is 53.2 Å².